The van der Waals surface area contributed by atoms with E-state index < -0.39 is 6.04 Å². The molecule has 0 unspecified atom stereocenters. The van der Waals surface area contributed by atoms with Crippen molar-refractivity contribution >= 4 is 11.9 Å². The van der Waals surface area contributed by atoms with Gasteiger partial charge in [0.05, 0.1) is 18.2 Å². The van der Waals surface area contributed by atoms with Crippen molar-refractivity contribution in [1.29, 1.82) is 5.26 Å². The minimum absolute atomic E-state index is 0.0610. The number of carbonyl (C=O) groups is 2. The van der Waals surface area contributed by atoms with E-state index >= 15 is 0 Å². The normalized spacial score (nSPS) is 17.8. The molecule has 1 atom stereocenters. The number of nitrogens with zero attached hydrogens (tertiary/aromatic N) is 2. The Labute approximate surface area is 123 Å². The first kappa shape index (κ1) is 14.9. The maximum absolute atomic E-state index is 12.0. The standard InChI is InChI=1S/C15H17N3O3/c1-10(2)13-14(19)18(15(20)17-13)7-8-21-12-5-3-11(9-16)4-6-12/h3-6,10,13H,7-8H2,1-2H3,(H,17,20)/t13-/m1/s1. The summed E-state index contributed by atoms with van der Waals surface area (Å²) in [6.07, 6.45) is 0. The minimum atomic E-state index is -0.451. The molecule has 0 spiro atoms. The van der Waals surface area contributed by atoms with Crippen LogP contribution in [-0.4, -0.2) is 36.0 Å². The summed E-state index contributed by atoms with van der Waals surface area (Å²) >= 11 is 0. The van der Waals surface area contributed by atoms with Gasteiger partial charge in [-0.3, -0.25) is 9.69 Å². The zero-order valence-corrected chi connectivity index (χ0v) is 12.0. The highest BCUT2D eigenvalue weighted by molar-refractivity contribution is 6.04. The quantitative estimate of drug-likeness (QED) is 0.832. The van der Waals surface area contributed by atoms with Crippen LogP contribution in [0.4, 0.5) is 4.79 Å². The number of carbonyl (C=O) groups excluding carboxylic acids is 2. The van der Waals surface area contributed by atoms with Crippen molar-refractivity contribution in [2.45, 2.75) is 19.9 Å². The van der Waals surface area contributed by atoms with Crippen LogP contribution in [0.25, 0.3) is 0 Å². The molecule has 2 rings (SSSR count). The van der Waals surface area contributed by atoms with E-state index in [1.54, 1.807) is 24.3 Å². The second-order valence-corrected chi connectivity index (χ2v) is 5.15. The molecule has 1 saturated heterocycles. The SMILES string of the molecule is CC(C)[C@H]1NC(=O)N(CCOc2ccc(C#N)cc2)C1=O. The molecule has 1 aliphatic heterocycles. The van der Waals surface area contributed by atoms with Crippen molar-refractivity contribution in [3.8, 4) is 11.8 Å². The number of imide groups is 1. The number of nitriles is 1. The average molecular weight is 287 g/mol. The van der Waals surface area contributed by atoms with Crippen molar-refractivity contribution in [2.75, 3.05) is 13.2 Å². The summed E-state index contributed by atoms with van der Waals surface area (Å²) in [5.41, 5.74) is 0.552. The third kappa shape index (κ3) is 3.31. The van der Waals surface area contributed by atoms with Crippen molar-refractivity contribution in [2.24, 2.45) is 5.92 Å². The monoisotopic (exact) mass is 287 g/mol. The van der Waals surface area contributed by atoms with Gasteiger partial charge in [-0.05, 0) is 30.2 Å². The first-order valence-electron chi connectivity index (χ1n) is 6.77. The van der Waals surface area contributed by atoms with E-state index in [2.05, 4.69) is 5.32 Å². The third-order valence-electron chi connectivity index (χ3n) is 3.29. The fraction of sp³-hybridized carbons (Fsp3) is 0.400. The van der Waals surface area contributed by atoms with Crippen LogP contribution in [0.15, 0.2) is 24.3 Å². The summed E-state index contributed by atoms with van der Waals surface area (Å²) in [6, 6.07) is 7.86. The van der Waals surface area contributed by atoms with Crippen molar-refractivity contribution in [3.05, 3.63) is 29.8 Å². The zero-order chi connectivity index (χ0) is 15.4. The Balaban J connectivity index is 1.87. The predicted molar refractivity (Wildman–Crippen MR) is 75.5 cm³/mol. The molecule has 0 radical (unpaired) electrons. The summed E-state index contributed by atoms with van der Waals surface area (Å²) in [5, 5.41) is 11.4. The third-order valence-corrected chi connectivity index (χ3v) is 3.29. The first-order valence-corrected chi connectivity index (χ1v) is 6.77. The van der Waals surface area contributed by atoms with Gasteiger partial charge in [-0.2, -0.15) is 5.26 Å². The number of ether oxygens (including phenoxy) is 1. The molecule has 6 nitrogen and oxygen atoms in total. The molecule has 1 aromatic carbocycles. The zero-order valence-electron chi connectivity index (χ0n) is 12.0. The van der Waals surface area contributed by atoms with Crippen LogP contribution in [0.1, 0.15) is 19.4 Å². The number of benzene rings is 1. The van der Waals surface area contributed by atoms with Crippen molar-refractivity contribution in [3.63, 3.8) is 0 Å². The largest absolute Gasteiger partial charge is 0.492 e. The lowest BCUT2D eigenvalue weighted by molar-refractivity contribution is -0.128. The molecule has 1 heterocycles. The van der Waals surface area contributed by atoms with Gasteiger partial charge in [-0.25, -0.2) is 4.79 Å². The first-order chi connectivity index (χ1) is 10.0. The second-order valence-electron chi connectivity index (χ2n) is 5.15. The Morgan fingerprint density at radius 1 is 1.33 bits per heavy atom. The highest BCUT2D eigenvalue weighted by Crippen LogP contribution is 2.15. The van der Waals surface area contributed by atoms with E-state index in [4.69, 9.17) is 10.00 Å². The molecular weight excluding hydrogens is 270 g/mol. The summed E-state index contributed by atoms with van der Waals surface area (Å²) in [5.74, 6) is 0.450. The molecule has 110 valence electrons. The smallest absolute Gasteiger partial charge is 0.324 e. The minimum Gasteiger partial charge on any atom is -0.492 e. The molecule has 3 amide bonds. The molecular formula is C15H17N3O3. The molecule has 6 heteroatoms. The molecule has 1 fully saturated rings. The molecule has 1 aliphatic rings. The van der Waals surface area contributed by atoms with Gasteiger partial charge >= 0.3 is 6.03 Å². The van der Waals surface area contributed by atoms with E-state index in [0.29, 0.717) is 11.3 Å². The van der Waals surface area contributed by atoms with E-state index in [9.17, 15) is 9.59 Å². The Hall–Kier alpha value is -2.55. The van der Waals surface area contributed by atoms with Gasteiger partial charge in [0.15, 0.2) is 0 Å². The van der Waals surface area contributed by atoms with E-state index in [0.717, 1.165) is 0 Å². The number of nitrogens with one attached hydrogen (secondary N) is 1. The predicted octanol–water partition coefficient (Wildman–Crippen LogP) is 1.51. The maximum atomic E-state index is 12.0. The maximum Gasteiger partial charge on any atom is 0.324 e. The van der Waals surface area contributed by atoms with Gasteiger partial charge in [-0.15, -0.1) is 0 Å². The van der Waals surface area contributed by atoms with Crippen LogP contribution in [-0.2, 0) is 4.79 Å². The number of rotatable bonds is 5. The number of hydrogen-bond acceptors (Lipinski definition) is 4. The van der Waals surface area contributed by atoms with Crippen LogP contribution < -0.4 is 10.1 Å². The number of urea groups is 1. The lowest BCUT2D eigenvalue weighted by Crippen LogP contribution is -2.36. The van der Waals surface area contributed by atoms with Gasteiger partial charge in [0.2, 0.25) is 0 Å². The molecule has 0 saturated carbocycles. The van der Waals surface area contributed by atoms with Crippen LogP contribution in [0, 0.1) is 17.2 Å². The van der Waals surface area contributed by atoms with Crippen LogP contribution in [0.5, 0.6) is 5.75 Å². The van der Waals surface area contributed by atoms with Gasteiger partial charge in [0.1, 0.15) is 18.4 Å². The van der Waals surface area contributed by atoms with Gasteiger partial charge in [-0.1, -0.05) is 13.8 Å². The van der Waals surface area contributed by atoms with E-state index in [1.165, 1.54) is 4.90 Å². The molecule has 1 aromatic rings. The van der Waals surface area contributed by atoms with Gasteiger partial charge in [0, 0.05) is 0 Å². The molecule has 0 aliphatic carbocycles. The van der Waals surface area contributed by atoms with Crippen LogP contribution in [0.2, 0.25) is 0 Å². The molecule has 0 aromatic heterocycles. The topological polar surface area (TPSA) is 82.4 Å². The highest BCUT2D eigenvalue weighted by Gasteiger charge is 2.39. The van der Waals surface area contributed by atoms with E-state index in [1.807, 2.05) is 19.9 Å². The number of hydrogen-bond donors (Lipinski definition) is 1. The Bertz CT molecular complexity index is 575. The van der Waals surface area contributed by atoms with E-state index in [-0.39, 0.29) is 31.0 Å². The molecule has 0 bridgehead atoms. The Morgan fingerprint density at radius 3 is 2.52 bits per heavy atom. The Morgan fingerprint density at radius 2 is 2.00 bits per heavy atom. The van der Waals surface area contributed by atoms with Crippen LogP contribution >= 0.6 is 0 Å². The lowest BCUT2D eigenvalue weighted by Gasteiger charge is -2.14. The van der Waals surface area contributed by atoms with Gasteiger partial charge in [0.25, 0.3) is 5.91 Å². The second kappa shape index (κ2) is 6.27. The average Bonchev–Trinajstić information content (AvgIpc) is 2.76. The number of amides is 3. The summed E-state index contributed by atoms with van der Waals surface area (Å²) in [7, 11) is 0. The summed E-state index contributed by atoms with van der Waals surface area (Å²) < 4.78 is 5.48. The van der Waals surface area contributed by atoms with Gasteiger partial charge < -0.3 is 10.1 Å². The fourth-order valence-electron chi connectivity index (χ4n) is 2.08. The molecule has 1 N–H and O–H groups in total. The molecule has 21 heavy (non-hydrogen) atoms. The van der Waals surface area contributed by atoms with Crippen molar-refractivity contribution in [1.82, 2.24) is 10.2 Å². The summed E-state index contributed by atoms with van der Waals surface area (Å²) in [6.45, 7) is 4.20. The van der Waals surface area contributed by atoms with Crippen molar-refractivity contribution < 1.29 is 14.3 Å². The highest BCUT2D eigenvalue weighted by atomic mass is 16.5. The van der Waals surface area contributed by atoms with Crippen LogP contribution in [0.3, 0.4) is 0 Å². The summed E-state index contributed by atoms with van der Waals surface area (Å²) in [4.78, 5) is 24.9. The lowest BCUT2D eigenvalue weighted by atomic mass is 10.1. The Kier molecular flexibility index (Phi) is 4.43. The fourth-order valence-corrected chi connectivity index (χ4v) is 2.08.